The average Bonchev–Trinajstić information content (AvgIpc) is 2.87. The third-order valence-electron chi connectivity index (χ3n) is 4.17. The topological polar surface area (TPSA) is 42.2 Å². The fourth-order valence-corrected chi connectivity index (χ4v) is 2.66. The lowest BCUT2D eigenvalue weighted by molar-refractivity contribution is 0.196. The summed E-state index contributed by atoms with van der Waals surface area (Å²) >= 11 is 5.65. The fourth-order valence-electron chi connectivity index (χ4n) is 2.56. The van der Waals surface area contributed by atoms with Crippen LogP contribution in [0.4, 0.5) is 6.01 Å². The number of halogens is 1. The van der Waals surface area contributed by atoms with Crippen molar-refractivity contribution >= 4 is 17.6 Å². The molecule has 0 spiro atoms. The molecule has 0 amide bonds. The van der Waals surface area contributed by atoms with Crippen molar-refractivity contribution in [2.45, 2.75) is 45.4 Å². The molecule has 1 saturated heterocycles. The predicted molar refractivity (Wildman–Crippen MR) is 68.3 cm³/mol. The van der Waals surface area contributed by atoms with Gasteiger partial charge in [0, 0.05) is 13.1 Å². The summed E-state index contributed by atoms with van der Waals surface area (Å²) in [5.74, 6) is 0.791. The van der Waals surface area contributed by atoms with Gasteiger partial charge in [0.05, 0.1) is 0 Å². The Morgan fingerprint density at radius 1 is 1.24 bits per heavy atom. The highest BCUT2D eigenvalue weighted by Gasteiger charge is 2.32. The van der Waals surface area contributed by atoms with Crippen LogP contribution < -0.4 is 4.90 Å². The SMILES string of the molecule is CCC1(CC)CCN(c2nnc(CCl)o2)CC1. The van der Waals surface area contributed by atoms with Crippen LogP contribution in [0.15, 0.2) is 4.42 Å². The van der Waals surface area contributed by atoms with Crippen LogP contribution in [-0.4, -0.2) is 23.3 Å². The van der Waals surface area contributed by atoms with Crippen molar-refractivity contribution in [2.24, 2.45) is 5.41 Å². The Morgan fingerprint density at radius 2 is 1.88 bits per heavy atom. The molecule has 0 unspecified atom stereocenters. The van der Waals surface area contributed by atoms with Crippen molar-refractivity contribution in [2.75, 3.05) is 18.0 Å². The van der Waals surface area contributed by atoms with E-state index in [1.165, 1.54) is 25.7 Å². The summed E-state index contributed by atoms with van der Waals surface area (Å²) in [5.41, 5.74) is 0.520. The van der Waals surface area contributed by atoms with Crippen molar-refractivity contribution < 1.29 is 4.42 Å². The number of aromatic nitrogens is 2. The lowest BCUT2D eigenvalue weighted by Gasteiger charge is -2.40. The molecule has 4 nitrogen and oxygen atoms in total. The zero-order valence-electron chi connectivity index (χ0n) is 10.6. The summed E-state index contributed by atoms with van der Waals surface area (Å²) in [6.45, 7) is 6.59. The van der Waals surface area contributed by atoms with Crippen LogP contribution >= 0.6 is 11.6 Å². The maximum atomic E-state index is 5.65. The molecule has 0 N–H and O–H groups in total. The van der Waals surface area contributed by atoms with E-state index in [0.717, 1.165) is 13.1 Å². The number of rotatable bonds is 4. The number of hydrogen-bond donors (Lipinski definition) is 0. The smallest absolute Gasteiger partial charge is 0.318 e. The van der Waals surface area contributed by atoms with Gasteiger partial charge in [0.1, 0.15) is 5.88 Å². The zero-order chi connectivity index (χ0) is 12.3. The van der Waals surface area contributed by atoms with Gasteiger partial charge in [-0.2, -0.15) is 0 Å². The highest BCUT2D eigenvalue weighted by atomic mass is 35.5. The number of anilines is 1. The Bertz CT molecular complexity index is 352. The quantitative estimate of drug-likeness (QED) is 0.777. The summed E-state index contributed by atoms with van der Waals surface area (Å²) in [6.07, 6.45) is 4.93. The average molecular weight is 258 g/mol. The molecule has 96 valence electrons. The van der Waals surface area contributed by atoms with E-state index in [0.29, 0.717) is 17.3 Å². The van der Waals surface area contributed by atoms with E-state index in [-0.39, 0.29) is 5.88 Å². The van der Waals surface area contributed by atoms with Gasteiger partial charge >= 0.3 is 6.01 Å². The van der Waals surface area contributed by atoms with E-state index < -0.39 is 0 Å². The number of piperidine rings is 1. The Hall–Kier alpha value is -0.770. The van der Waals surface area contributed by atoms with E-state index in [1.807, 2.05) is 0 Å². The van der Waals surface area contributed by atoms with Crippen molar-refractivity contribution in [3.63, 3.8) is 0 Å². The Morgan fingerprint density at radius 3 is 2.35 bits per heavy atom. The second kappa shape index (κ2) is 5.25. The largest absolute Gasteiger partial charge is 0.407 e. The Kier molecular flexibility index (Phi) is 3.92. The lowest BCUT2D eigenvalue weighted by Crippen LogP contribution is -2.39. The van der Waals surface area contributed by atoms with Crippen molar-refractivity contribution in [3.05, 3.63) is 5.89 Å². The molecular weight excluding hydrogens is 238 g/mol. The second-order valence-electron chi connectivity index (χ2n) is 4.81. The van der Waals surface area contributed by atoms with Gasteiger partial charge in [0.2, 0.25) is 5.89 Å². The molecule has 17 heavy (non-hydrogen) atoms. The summed E-state index contributed by atoms with van der Waals surface area (Å²) in [6, 6.07) is 0.626. The molecular formula is C12H20ClN3O. The number of nitrogens with zero attached hydrogens (tertiary/aromatic N) is 3. The molecule has 0 atom stereocenters. The molecule has 1 aromatic rings. The normalized spacial score (nSPS) is 19.6. The summed E-state index contributed by atoms with van der Waals surface area (Å²) in [7, 11) is 0. The monoisotopic (exact) mass is 257 g/mol. The first kappa shape index (κ1) is 12.7. The van der Waals surface area contributed by atoms with Crippen LogP contribution in [0.3, 0.4) is 0 Å². The van der Waals surface area contributed by atoms with Crippen molar-refractivity contribution in [1.29, 1.82) is 0 Å². The first-order valence-corrected chi connectivity index (χ1v) is 6.90. The van der Waals surface area contributed by atoms with Gasteiger partial charge in [-0.05, 0) is 18.3 Å². The molecule has 1 fully saturated rings. The van der Waals surface area contributed by atoms with Crippen molar-refractivity contribution in [3.8, 4) is 0 Å². The minimum Gasteiger partial charge on any atom is -0.407 e. The predicted octanol–water partition coefficient (Wildman–Crippen LogP) is 3.22. The van der Waals surface area contributed by atoms with E-state index in [2.05, 4.69) is 28.9 Å². The maximum absolute atomic E-state index is 5.65. The molecule has 5 heteroatoms. The minimum absolute atomic E-state index is 0.286. The molecule has 0 bridgehead atoms. The van der Waals surface area contributed by atoms with Crippen LogP contribution in [0.2, 0.25) is 0 Å². The summed E-state index contributed by atoms with van der Waals surface area (Å²) in [4.78, 5) is 2.17. The van der Waals surface area contributed by atoms with Crippen LogP contribution in [0.1, 0.15) is 45.4 Å². The van der Waals surface area contributed by atoms with Gasteiger partial charge < -0.3 is 9.32 Å². The third kappa shape index (κ3) is 2.57. The highest BCUT2D eigenvalue weighted by Crippen LogP contribution is 2.38. The Labute approximate surface area is 107 Å². The molecule has 0 saturated carbocycles. The van der Waals surface area contributed by atoms with Crippen LogP contribution in [-0.2, 0) is 5.88 Å². The highest BCUT2D eigenvalue weighted by molar-refractivity contribution is 6.16. The molecule has 0 aliphatic carbocycles. The van der Waals surface area contributed by atoms with E-state index in [1.54, 1.807) is 0 Å². The molecule has 1 aliphatic rings. The maximum Gasteiger partial charge on any atom is 0.318 e. The zero-order valence-corrected chi connectivity index (χ0v) is 11.3. The number of alkyl halides is 1. The van der Waals surface area contributed by atoms with E-state index in [4.69, 9.17) is 16.0 Å². The van der Waals surface area contributed by atoms with Gasteiger partial charge in [-0.25, -0.2) is 0 Å². The molecule has 2 rings (SSSR count). The molecule has 1 aromatic heterocycles. The third-order valence-corrected chi connectivity index (χ3v) is 4.39. The number of hydrogen-bond acceptors (Lipinski definition) is 4. The van der Waals surface area contributed by atoms with Gasteiger partial charge in [-0.15, -0.1) is 16.7 Å². The van der Waals surface area contributed by atoms with Crippen LogP contribution in [0, 0.1) is 5.41 Å². The molecule has 1 aliphatic heterocycles. The first-order valence-electron chi connectivity index (χ1n) is 6.36. The molecule has 0 radical (unpaired) electrons. The summed E-state index contributed by atoms with van der Waals surface area (Å²) in [5, 5.41) is 7.93. The molecule has 0 aromatic carbocycles. The van der Waals surface area contributed by atoms with Crippen LogP contribution in [0.25, 0.3) is 0 Å². The Balaban J connectivity index is 1.99. The fraction of sp³-hybridized carbons (Fsp3) is 0.833. The van der Waals surface area contributed by atoms with Gasteiger partial charge in [-0.3, -0.25) is 0 Å². The standard InChI is InChI=1S/C12H20ClN3O/c1-3-12(4-2)5-7-16(8-6-12)11-15-14-10(9-13)17-11/h3-9H2,1-2H3. The second-order valence-corrected chi connectivity index (χ2v) is 5.07. The van der Waals surface area contributed by atoms with Crippen molar-refractivity contribution in [1.82, 2.24) is 10.2 Å². The van der Waals surface area contributed by atoms with Gasteiger partial charge in [0.15, 0.2) is 0 Å². The van der Waals surface area contributed by atoms with E-state index >= 15 is 0 Å². The summed E-state index contributed by atoms with van der Waals surface area (Å²) < 4.78 is 5.48. The van der Waals surface area contributed by atoms with E-state index in [9.17, 15) is 0 Å². The lowest BCUT2D eigenvalue weighted by atomic mass is 9.74. The minimum atomic E-state index is 0.286. The molecule has 2 heterocycles. The van der Waals surface area contributed by atoms with Crippen LogP contribution in [0.5, 0.6) is 0 Å². The first-order chi connectivity index (χ1) is 8.23. The van der Waals surface area contributed by atoms with Gasteiger partial charge in [0.25, 0.3) is 0 Å². The van der Waals surface area contributed by atoms with Gasteiger partial charge in [-0.1, -0.05) is 31.8 Å².